The maximum absolute atomic E-state index is 13.4. The molecular formula is C13H19FN2O. The summed E-state index contributed by atoms with van der Waals surface area (Å²) in [6.07, 6.45) is 0. The first-order valence-corrected chi connectivity index (χ1v) is 6.03. The fourth-order valence-corrected chi connectivity index (χ4v) is 2.35. The topological polar surface area (TPSA) is 35.5 Å². The van der Waals surface area contributed by atoms with Crippen LogP contribution in [-0.4, -0.2) is 36.2 Å². The molecule has 0 aromatic heterocycles. The fraction of sp³-hybridized carbons (Fsp3) is 0.538. The van der Waals surface area contributed by atoms with Crippen molar-refractivity contribution in [2.45, 2.75) is 19.9 Å². The van der Waals surface area contributed by atoms with Gasteiger partial charge in [0.1, 0.15) is 11.6 Å². The van der Waals surface area contributed by atoms with E-state index in [0.717, 1.165) is 26.2 Å². The number of aromatic hydroxyl groups is 1. The van der Waals surface area contributed by atoms with Crippen molar-refractivity contribution in [3.05, 3.63) is 29.1 Å². The van der Waals surface area contributed by atoms with Gasteiger partial charge in [0.05, 0.1) is 0 Å². The monoisotopic (exact) mass is 238 g/mol. The molecule has 0 aliphatic carbocycles. The summed E-state index contributed by atoms with van der Waals surface area (Å²) >= 11 is 0. The Kier molecular flexibility index (Phi) is 3.64. The average molecular weight is 238 g/mol. The molecule has 1 aliphatic heterocycles. The van der Waals surface area contributed by atoms with E-state index in [4.69, 9.17) is 0 Å². The number of phenolic OH excluding ortho intramolecular Hbond substituents is 1. The van der Waals surface area contributed by atoms with Gasteiger partial charge in [-0.25, -0.2) is 4.39 Å². The van der Waals surface area contributed by atoms with Crippen molar-refractivity contribution < 1.29 is 9.50 Å². The molecule has 1 saturated heterocycles. The molecule has 0 unspecified atom stereocenters. The molecule has 94 valence electrons. The number of phenols is 1. The van der Waals surface area contributed by atoms with Crippen molar-refractivity contribution in [3.8, 4) is 5.75 Å². The third-order valence-corrected chi connectivity index (χ3v) is 3.44. The summed E-state index contributed by atoms with van der Waals surface area (Å²) in [5.74, 6) is -0.0604. The van der Waals surface area contributed by atoms with Crippen LogP contribution in [0.3, 0.4) is 0 Å². The van der Waals surface area contributed by atoms with Crippen molar-refractivity contribution in [2.75, 3.05) is 26.2 Å². The van der Waals surface area contributed by atoms with Crippen molar-refractivity contribution in [3.63, 3.8) is 0 Å². The highest BCUT2D eigenvalue weighted by Crippen LogP contribution is 2.31. The summed E-state index contributed by atoms with van der Waals surface area (Å²) < 4.78 is 13.4. The summed E-state index contributed by atoms with van der Waals surface area (Å²) in [4.78, 5) is 2.25. The summed E-state index contributed by atoms with van der Waals surface area (Å²) in [5, 5.41) is 13.3. The van der Waals surface area contributed by atoms with Crippen LogP contribution in [0.1, 0.15) is 24.1 Å². The van der Waals surface area contributed by atoms with E-state index >= 15 is 0 Å². The first kappa shape index (κ1) is 12.3. The van der Waals surface area contributed by atoms with E-state index in [2.05, 4.69) is 10.2 Å². The van der Waals surface area contributed by atoms with Crippen LogP contribution in [0, 0.1) is 12.7 Å². The number of rotatable bonds is 2. The van der Waals surface area contributed by atoms with Crippen molar-refractivity contribution in [2.24, 2.45) is 0 Å². The number of hydrogen-bond acceptors (Lipinski definition) is 3. The van der Waals surface area contributed by atoms with Crippen molar-refractivity contribution >= 4 is 0 Å². The van der Waals surface area contributed by atoms with Gasteiger partial charge in [0.25, 0.3) is 0 Å². The molecule has 3 nitrogen and oxygen atoms in total. The van der Waals surface area contributed by atoms with E-state index in [1.54, 1.807) is 6.92 Å². The van der Waals surface area contributed by atoms with E-state index in [9.17, 15) is 9.50 Å². The van der Waals surface area contributed by atoms with Gasteiger partial charge >= 0.3 is 0 Å². The molecule has 1 aliphatic rings. The minimum absolute atomic E-state index is 0.0477. The van der Waals surface area contributed by atoms with Crippen LogP contribution in [0.4, 0.5) is 4.39 Å². The molecule has 0 bridgehead atoms. The highest BCUT2D eigenvalue weighted by Gasteiger charge is 2.21. The standard InChI is InChI=1S/C13H19FN2O/c1-9-7-11(14)8-12(13(9)17)10(2)16-5-3-15-4-6-16/h7-8,10,15,17H,3-6H2,1-2H3/t10-/m1/s1. The first-order valence-electron chi connectivity index (χ1n) is 6.03. The van der Waals surface area contributed by atoms with Crippen LogP contribution >= 0.6 is 0 Å². The molecule has 0 radical (unpaired) electrons. The molecule has 2 N–H and O–H groups in total. The van der Waals surface area contributed by atoms with Crippen LogP contribution < -0.4 is 5.32 Å². The number of nitrogens with one attached hydrogen (secondary N) is 1. The first-order chi connectivity index (χ1) is 8.09. The van der Waals surface area contributed by atoms with Gasteiger partial charge in [0, 0.05) is 37.8 Å². The lowest BCUT2D eigenvalue weighted by molar-refractivity contribution is 0.182. The molecule has 1 aromatic carbocycles. The Morgan fingerprint density at radius 2 is 2.00 bits per heavy atom. The molecule has 1 heterocycles. The lowest BCUT2D eigenvalue weighted by Gasteiger charge is -2.33. The van der Waals surface area contributed by atoms with E-state index < -0.39 is 0 Å². The molecule has 0 saturated carbocycles. The zero-order chi connectivity index (χ0) is 12.4. The zero-order valence-electron chi connectivity index (χ0n) is 10.3. The molecule has 1 atom stereocenters. The highest BCUT2D eigenvalue weighted by atomic mass is 19.1. The van der Waals surface area contributed by atoms with Crippen molar-refractivity contribution in [1.29, 1.82) is 0 Å². The predicted molar refractivity (Wildman–Crippen MR) is 65.7 cm³/mol. The van der Waals surface area contributed by atoms with Gasteiger partial charge in [0.2, 0.25) is 0 Å². The molecular weight excluding hydrogens is 219 g/mol. The maximum atomic E-state index is 13.4. The summed E-state index contributed by atoms with van der Waals surface area (Å²) in [6, 6.07) is 2.85. The smallest absolute Gasteiger partial charge is 0.124 e. The van der Waals surface area contributed by atoms with Gasteiger partial charge in [-0.1, -0.05) is 0 Å². The Balaban J connectivity index is 2.26. The number of aryl methyl sites for hydroxylation is 1. The minimum Gasteiger partial charge on any atom is -0.507 e. The zero-order valence-corrected chi connectivity index (χ0v) is 10.3. The van der Waals surface area contributed by atoms with Crippen LogP contribution in [0.25, 0.3) is 0 Å². The average Bonchev–Trinajstić information content (AvgIpc) is 2.34. The summed E-state index contributed by atoms with van der Waals surface area (Å²) in [6.45, 7) is 7.48. The maximum Gasteiger partial charge on any atom is 0.124 e. The minimum atomic E-state index is -0.280. The lowest BCUT2D eigenvalue weighted by atomic mass is 10.0. The van der Waals surface area contributed by atoms with E-state index in [0.29, 0.717) is 11.1 Å². The molecule has 1 aromatic rings. The highest BCUT2D eigenvalue weighted by molar-refractivity contribution is 5.41. The molecule has 4 heteroatoms. The fourth-order valence-electron chi connectivity index (χ4n) is 2.35. The Morgan fingerprint density at radius 3 is 2.65 bits per heavy atom. The van der Waals surface area contributed by atoms with E-state index in [-0.39, 0.29) is 17.6 Å². The summed E-state index contributed by atoms with van der Waals surface area (Å²) in [5.41, 5.74) is 1.28. The molecule has 1 fully saturated rings. The van der Waals surface area contributed by atoms with Gasteiger partial charge < -0.3 is 10.4 Å². The Bertz CT molecular complexity index is 403. The van der Waals surface area contributed by atoms with Gasteiger partial charge in [-0.15, -0.1) is 0 Å². The number of benzene rings is 1. The lowest BCUT2D eigenvalue weighted by Crippen LogP contribution is -2.44. The van der Waals surface area contributed by atoms with Crippen LogP contribution in [-0.2, 0) is 0 Å². The number of piperazine rings is 1. The third kappa shape index (κ3) is 2.58. The number of halogens is 1. The largest absolute Gasteiger partial charge is 0.507 e. The molecule has 17 heavy (non-hydrogen) atoms. The van der Waals surface area contributed by atoms with Gasteiger partial charge in [-0.05, 0) is 31.5 Å². The van der Waals surface area contributed by atoms with Crippen LogP contribution in [0.5, 0.6) is 5.75 Å². The van der Waals surface area contributed by atoms with Crippen LogP contribution in [0.2, 0.25) is 0 Å². The second-order valence-corrected chi connectivity index (χ2v) is 4.62. The number of nitrogens with zero attached hydrogens (tertiary/aromatic N) is 1. The predicted octanol–water partition coefficient (Wildman–Crippen LogP) is 1.81. The second-order valence-electron chi connectivity index (χ2n) is 4.62. The SMILES string of the molecule is Cc1cc(F)cc([C@@H](C)N2CCNCC2)c1O. The van der Waals surface area contributed by atoms with Gasteiger partial charge in [-0.3, -0.25) is 4.90 Å². The van der Waals surface area contributed by atoms with Gasteiger partial charge in [0.15, 0.2) is 0 Å². The molecule has 2 rings (SSSR count). The molecule has 0 amide bonds. The normalized spacial score (nSPS) is 19.2. The van der Waals surface area contributed by atoms with Crippen LogP contribution in [0.15, 0.2) is 12.1 Å². The third-order valence-electron chi connectivity index (χ3n) is 3.44. The number of hydrogen-bond donors (Lipinski definition) is 2. The van der Waals surface area contributed by atoms with Crippen molar-refractivity contribution in [1.82, 2.24) is 10.2 Å². The Hall–Kier alpha value is -1.13. The Labute approximate surface area is 101 Å². The second kappa shape index (κ2) is 5.02. The van der Waals surface area contributed by atoms with E-state index in [1.807, 2.05) is 6.92 Å². The summed E-state index contributed by atoms with van der Waals surface area (Å²) in [7, 11) is 0. The Morgan fingerprint density at radius 1 is 1.35 bits per heavy atom. The molecule has 0 spiro atoms. The van der Waals surface area contributed by atoms with E-state index in [1.165, 1.54) is 12.1 Å². The quantitative estimate of drug-likeness (QED) is 0.824. The van der Waals surface area contributed by atoms with Gasteiger partial charge in [-0.2, -0.15) is 0 Å².